The Hall–Kier alpha value is -2.16. The fraction of sp³-hybridized carbons (Fsp3) is 0.692. The minimum atomic E-state index is -1.20. The van der Waals surface area contributed by atoms with Gasteiger partial charge in [-0.2, -0.15) is 0 Å². The van der Waals surface area contributed by atoms with Crippen LogP contribution in [0.2, 0.25) is 0 Å². The molecule has 1 aliphatic rings. The van der Waals surface area contributed by atoms with Crippen LogP contribution in [0.15, 0.2) is 0 Å². The standard InChI is InChI=1S/C13H22N4O5/c1-5-8(15-7(3)19)12(21)16-9(5)13(22)17(4)10(6(2)18)11(14)20/h5-6,8-10,18H,1-4H3,(H2,14,20)(H,15,19)(H,16,21)/t5?,6-,8?,9?,10+/m1/s1. The maximum atomic E-state index is 12.5. The molecule has 5 N–H and O–H groups in total. The topological polar surface area (TPSA) is 142 Å². The molecule has 1 rings (SSSR count). The number of aliphatic hydroxyl groups is 1. The number of likely N-dealkylation sites (N-methyl/N-ethyl adjacent to an activating group) is 1. The maximum absolute atomic E-state index is 12.5. The summed E-state index contributed by atoms with van der Waals surface area (Å²) in [5.74, 6) is -2.76. The third-order valence-corrected chi connectivity index (χ3v) is 3.77. The normalized spacial score (nSPS) is 26.8. The zero-order valence-corrected chi connectivity index (χ0v) is 13.0. The average molecular weight is 314 g/mol. The maximum Gasteiger partial charge on any atom is 0.246 e. The SMILES string of the molecule is CC(=O)NC1C(=O)NC(C(=O)N(C)[C@H](C(N)=O)[C@@H](C)O)C1C. The molecule has 0 spiro atoms. The van der Waals surface area contributed by atoms with Crippen molar-refractivity contribution < 1.29 is 24.3 Å². The van der Waals surface area contributed by atoms with Gasteiger partial charge < -0.3 is 26.4 Å². The number of primary amides is 1. The van der Waals surface area contributed by atoms with E-state index >= 15 is 0 Å². The number of nitrogens with one attached hydrogen (secondary N) is 2. The molecular weight excluding hydrogens is 292 g/mol. The summed E-state index contributed by atoms with van der Waals surface area (Å²) in [6.45, 7) is 4.25. The predicted octanol–water partition coefficient (Wildman–Crippen LogP) is -2.68. The molecular formula is C13H22N4O5. The molecule has 9 heteroatoms. The second-order valence-corrected chi connectivity index (χ2v) is 5.56. The lowest BCUT2D eigenvalue weighted by atomic mass is 9.96. The van der Waals surface area contributed by atoms with E-state index in [1.54, 1.807) is 6.92 Å². The highest BCUT2D eigenvalue weighted by atomic mass is 16.3. The molecule has 1 heterocycles. The van der Waals surface area contributed by atoms with Crippen molar-refractivity contribution in [3.05, 3.63) is 0 Å². The Balaban J connectivity index is 2.91. The lowest BCUT2D eigenvalue weighted by Crippen LogP contribution is -2.56. The summed E-state index contributed by atoms with van der Waals surface area (Å²) in [7, 11) is 1.33. The Bertz CT molecular complexity index is 493. The zero-order chi connectivity index (χ0) is 17.2. The Morgan fingerprint density at radius 3 is 2.36 bits per heavy atom. The van der Waals surface area contributed by atoms with Crippen LogP contribution in [-0.2, 0) is 19.2 Å². The first-order valence-electron chi connectivity index (χ1n) is 6.89. The summed E-state index contributed by atoms with van der Waals surface area (Å²) in [6.07, 6.45) is -1.15. The van der Waals surface area contributed by atoms with Gasteiger partial charge in [0.1, 0.15) is 18.1 Å². The number of hydrogen-bond donors (Lipinski definition) is 4. The molecule has 0 aromatic heterocycles. The van der Waals surface area contributed by atoms with Crippen molar-refractivity contribution in [2.24, 2.45) is 11.7 Å². The van der Waals surface area contributed by atoms with Crippen molar-refractivity contribution in [1.82, 2.24) is 15.5 Å². The molecule has 0 bridgehead atoms. The minimum absolute atomic E-state index is 0.382. The van der Waals surface area contributed by atoms with Gasteiger partial charge in [-0.25, -0.2) is 0 Å². The number of nitrogens with two attached hydrogens (primary N) is 1. The molecule has 9 nitrogen and oxygen atoms in total. The summed E-state index contributed by atoms with van der Waals surface area (Å²) in [4.78, 5) is 47.8. The molecule has 0 aromatic rings. The van der Waals surface area contributed by atoms with Gasteiger partial charge in [0, 0.05) is 19.9 Å². The van der Waals surface area contributed by atoms with Crippen molar-refractivity contribution in [3.8, 4) is 0 Å². The fourth-order valence-corrected chi connectivity index (χ4v) is 2.62. The van der Waals surface area contributed by atoms with E-state index in [1.807, 2.05) is 0 Å². The van der Waals surface area contributed by atoms with Crippen LogP contribution in [0.4, 0.5) is 0 Å². The first kappa shape index (κ1) is 17.9. The highest BCUT2D eigenvalue weighted by molar-refractivity contribution is 5.97. The second-order valence-electron chi connectivity index (χ2n) is 5.56. The Labute approximate surface area is 128 Å². The molecule has 1 aliphatic heterocycles. The molecule has 0 aromatic carbocycles. The van der Waals surface area contributed by atoms with E-state index < -0.39 is 47.9 Å². The van der Waals surface area contributed by atoms with Crippen LogP contribution in [0.3, 0.4) is 0 Å². The third kappa shape index (κ3) is 3.53. The van der Waals surface area contributed by atoms with Gasteiger partial charge in [0.25, 0.3) is 0 Å². The quantitative estimate of drug-likeness (QED) is 0.437. The Morgan fingerprint density at radius 2 is 1.95 bits per heavy atom. The molecule has 4 amide bonds. The molecule has 124 valence electrons. The van der Waals surface area contributed by atoms with E-state index in [9.17, 15) is 24.3 Å². The number of aliphatic hydroxyl groups excluding tert-OH is 1. The second kappa shape index (κ2) is 6.73. The van der Waals surface area contributed by atoms with Crippen molar-refractivity contribution >= 4 is 23.6 Å². The van der Waals surface area contributed by atoms with Gasteiger partial charge >= 0.3 is 0 Å². The van der Waals surface area contributed by atoms with Crippen LogP contribution in [0.5, 0.6) is 0 Å². The predicted molar refractivity (Wildman–Crippen MR) is 76.1 cm³/mol. The summed E-state index contributed by atoms with van der Waals surface area (Å²) < 4.78 is 0. The number of carbonyl (C=O) groups excluding carboxylic acids is 4. The average Bonchev–Trinajstić information content (AvgIpc) is 2.64. The van der Waals surface area contributed by atoms with E-state index in [1.165, 1.54) is 20.9 Å². The van der Waals surface area contributed by atoms with Gasteiger partial charge in [0.15, 0.2) is 0 Å². The van der Waals surface area contributed by atoms with Gasteiger partial charge in [-0.05, 0) is 6.92 Å². The van der Waals surface area contributed by atoms with Crippen LogP contribution in [0.1, 0.15) is 20.8 Å². The number of nitrogens with zero attached hydrogens (tertiary/aromatic N) is 1. The van der Waals surface area contributed by atoms with Crippen molar-refractivity contribution in [1.29, 1.82) is 0 Å². The van der Waals surface area contributed by atoms with Crippen LogP contribution in [-0.4, -0.2) is 64.9 Å². The molecule has 0 radical (unpaired) electrons. The molecule has 0 saturated carbocycles. The van der Waals surface area contributed by atoms with E-state index in [0.717, 1.165) is 4.90 Å². The highest BCUT2D eigenvalue weighted by Gasteiger charge is 2.46. The van der Waals surface area contributed by atoms with Crippen LogP contribution >= 0.6 is 0 Å². The fourth-order valence-electron chi connectivity index (χ4n) is 2.62. The number of hydrogen-bond acceptors (Lipinski definition) is 5. The summed E-state index contributed by atoms with van der Waals surface area (Å²) >= 11 is 0. The van der Waals surface area contributed by atoms with E-state index in [2.05, 4.69) is 10.6 Å². The number of amides is 4. The molecule has 3 unspecified atom stereocenters. The first-order valence-corrected chi connectivity index (χ1v) is 6.89. The monoisotopic (exact) mass is 314 g/mol. The van der Waals surface area contributed by atoms with Crippen molar-refractivity contribution in [3.63, 3.8) is 0 Å². The van der Waals surface area contributed by atoms with Gasteiger partial charge in [0.05, 0.1) is 6.10 Å². The van der Waals surface area contributed by atoms with Gasteiger partial charge in [-0.15, -0.1) is 0 Å². The molecule has 1 saturated heterocycles. The molecule has 22 heavy (non-hydrogen) atoms. The molecule has 5 atom stereocenters. The molecule has 0 aliphatic carbocycles. The lowest BCUT2D eigenvalue weighted by Gasteiger charge is -2.31. The summed E-state index contributed by atoms with van der Waals surface area (Å²) in [5.41, 5.74) is 5.19. The van der Waals surface area contributed by atoms with E-state index in [4.69, 9.17) is 5.73 Å². The summed E-state index contributed by atoms with van der Waals surface area (Å²) in [6, 6.07) is -2.93. The van der Waals surface area contributed by atoms with Crippen molar-refractivity contribution in [2.75, 3.05) is 7.05 Å². The minimum Gasteiger partial charge on any atom is -0.391 e. The zero-order valence-electron chi connectivity index (χ0n) is 13.0. The Morgan fingerprint density at radius 1 is 1.41 bits per heavy atom. The van der Waals surface area contributed by atoms with Gasteiger partial charge in [0.2, 0.25) is 23.6 Å². The van der Waals surface area contributed by atoms with Crippen LogP contribution in [0.25, 0.3) is 0 Å². The van der Waals surface area contributed by atoms with Crippen LogP contribution in [0, 0.1) is 5.92 Å². The number of carbonyl (C=O) groups is 4. The smallest absolute Gasteiger partial charge is 0.246 e. The summed E-state index contributed by atoms with van der Waals surface area (Å²) in [5, 5.41) is 14.6. The van der Waals surface area contributed by atoms with E-state index in [-0.39, 0.29) is 5.91 Å². The van der Waals surface area contributed by atoms with Gasteiger partial charge in [-0.1, -0.05) is 6.92 Å². The number of rotatable bonds is 5. The van der Waals surface area contributed by atoms with Crippen molar-refractivity contribution in [2.45, 2.75) is 45.0 Å². The Kier molecular flexibility index (Phi) is 5.48. The first-order chi connectivity index (χ1) is 10.1. The third-order valence-electron chi connectivity index (χ3n) is 3.77. The highest BCUT2D eigenvalue weighted by Crippen LogP contribution is 2.20. The van der Waals surface area contributed by atoms with Crippen LogP contribution < -0.4 is 16.4 Å². The van der Waals surface area contributed by atoms with Gasteiger partial charge in [-0.3, -0.25) is 19.2 Å². The van der Waals surface area contributed by atoms with E-state index in [0.29, 0.717) is 0 Å². The molecule has 1 fully saturated rings. The largest absolute Gasteiger partial charge is 0.391 e. The lowest BCUT2D eigenvalue weighted by molar-refractivity contribution is -0.143.